The number of hydrogen-bond donors (Lipinski definition) is 0. The fourth-order valence-corrected chi connectivity index (χ4v) is 5.96. The van der Waals surface area contributed by atoms with E-state index in [0.717, 1.165) is 55.4 Å². The van der Waals surface area contributed by atoms with Crippen LogP contribution in [-0.4, -0.2) is 11.8 Å². The van der Waals surface area contributed by atoms with Gasteiger partial charge in [0.15, 0.2) is 11.8 Å². The summed E-state index contributed by atoms with van der Waals surface area (Å²) >= 11 is 0. The van der Waals surface area contributed by atoms with Crippen LogP contribution in [0.25, 0.3) is 0 Å². The zero-order valence-corrected chi connectivity index (χ0v) is 17.6. The Morgan fingerprint density at radius 2 is 1.56 bits per heavy atom. The van der Waals surface area contributed by atoms with Gasteiger partial charge in [-0.1, -0.05) is 58.4 Å². The van der Waals surface area contributed by atoms with E-state index in [2.05, 4.69) is 6.92 Å². The molecule has 2 saturated carbocycles. The van der Waals surface area contributed by atoms with Gasteiger partial charge in [-0.05, 0) is 86.3 Å². The lowest BCUT2D eigenvalue weighted by Crippen LogP contribution is -2.43. The topological polar surface area (TPSA) is 0 Å². The Morgan fingerprint density at radius 3 is 2.11 bits per heavy atom. The van der Waals surface area contributed by atoms with Gasteiger partial charge in [-0.2, -0.15) is 0 Å². The number of rotatable bonds is 7. The molecule has 2 heteroatoms. The lowest BCUT2D eigenvalue weighted by molar-refractivity contribution is 0.0216. The summed E-state index contributed by atoms with van der Waals surface area (Å²) in [4.78, 5) is 0. The Bertz CT molecular complexity index is 506. The molecule has 0 amide bonds. The van der Waals surface area contributed by atoms with Crippen LogP contribution < -0.4 is 0 Å². The quantitative estimate of drug-likeness (QED) is 0.392. The molecule has 0 aliphatic heterocycles. The van der Waals surface area contributed by atoms with Crippen molar-refractivity contribution in [3.8, 4) is 0 Å². The van der Waals surface area contributed by atoms with Crippen LogP contribution >= 0.6 is 0 Å². The lowest BCUT2D eigenvalue weighted by atomic mass is 9.65. The highest BCUT2D eigenvalue weighted by Crippen LogP contribution is 2.47. The number of allylic oxidation sites excluding steroid dienone is 4. The van der Waals surface area contributed by atoms with Gasteiger partial charge in [0.1, 0.15) is 0 Å². The Balaban J connectivity index is 1.45. The van der Waals surface area contributed by atoms with E-state index in [9.17, 15) is 4.39 Å². The molecule has 0 aromatic heterocycles. The second kappa shape index (κ2) is 9.70. The fourth-order valence-electron chi connectivity index (χ4n) is 5.96. The van der Waals surface area contributed by atoms with E-state index < -0.39 is 11.8 Å². The summed E-state index contributed by atoms with van der Waals surface area (Å²) in [7, 11) is 0. The largest absolute Gasteiger partial charge is 0.239 e. The normalized spacial score (nSPS) is 40.0. The van der Waals surface area contributed by atoms with Crippen molar-refractivity contribution in [2.75, 3.05) is 0 Å². The highest BCUT2D eigenvalue weighted by Gasteiger charge is 2.47. The molecule has 0 radical (unpaired) electrons. The molecule has 0 N–H and O–H groups in total. The summed E-state index contributed by atoms with van der Waals surface area (Å²) in [6, 6.07) is 0. The van der Waals surface area contributed by atoms with E-state index in [-0.39, 0.29) is 5.92 Å². The highest BCUT2D eigenvalue weighted by molar-refractivity contribution is 5.32. The average Bonchev–Trinajstić information content (AvgIpc) is 2.71. The first kappa shape index (κ1) is 21.1. The molecule has 0 aromatic carbocycles. The van der Waals surface area contributed by atoms with Crippen molar-refractivity contribution in [2.24, 2.45) is 23.7 Å². The summed E-state index contributed by atoms with van der Waals surface area (Å²) in [6.45, 7) is 4.28. The van der Waals surface area contributed by atoms with Crippen molar-refractivity contribution in [1.29, 1.82) is 0 Å². The maximum Gasteiger partial charge on any atom is 0.166 e. The summed E-state index contributed by atoms with van der Waals surface area (Å²) in [5, 5.41) is 0. The Kier molecular flexibility index (Phi) is 7.57. The molecule has 0 aromatic rings. The van der Waals surface area contributed by atoms with Crippen LogP contribution in [-0.2, 0) is 0 Å². The molecule has 0 nitrogen and oxygen atoms in total. The van der Waals surface area contributed by atoms with Crippen molar-refractivity contribution < 1.29 is 8.78 Å². The van der Waals surface area contributed by atoms with Gasteiger partial charge in [0.25, 0.3) is 0 Å². The summed E-state index contributed by atoms with van der Waals surface area (Å²) in [5.41, 5.74) is -0.833. The molecule has 0 spiro atoms. The van der Waals surface area contributed by atoms with Gasteiger partial charge in [0.2, 0.25) is 0 Å². The van der Waals surface area contributed by atoms with E-state index in [0.29, 0.717) is 0 Å². The number of hydrogen-bond acceptors (Lipinski definition) is 0. The Morgan fingerprint density at radius 1 is 0.926 bits per heavy atom. The maximum atomic E-state index is 15.4. The van der Waals surface area contributed by atoms with Crippen LogP contribution in [0, 0.1) is 23.7 Å². The second-order valence-electron chi connectivity index (χ2n) is 9.55. The van der Waals surface area contributed by atoms with Crippen molar-refractivity contribution in [1.82, 2.24) is 0 Å². The Hall–Kier alpha value is -0.660. The molecule has 3 rings (SSSR count). The molecule has 154 valence electrons. The van der Waals surface area contributed by atoms with Gasteiger partial charge in [0.05, 0.1) is 0 Å². The van der Waals surface area contributed by atoms with Crippen molar-refractivity contribution in [3.05, 3.63) is 23.8 Å². The van der Waals surface area contributed by atoms with E-state index in [1.54, 1.807) is 6.08 Å². The maximum absolute atomic E-state index is 15.4. The zero-order chi connectivity index (χ0) is 19.3. The van der Waals surface area contributed by atoms with Gasteiger partial charge in [-0.25, -0.2) is 8.78 Å². The third-order valence-electron chi connectivity index (χ3n) is 7.92. The van der Waals surface area contributed by atoms with E-state index in [1.165, 1.54) is 57.4 Å². The molecule has 3 aliphatic rings. The smallest absolute Gasteiger partial charge is 0.166 e. The SMILES string of the molecule is CCCCCC1CCC(C2CCC(C3(F)C=CC(CC)=CC3F)CC2)CC1. The minimum Gasteiger partial charge on any atom is -0.239 e. The van der Waals surface area contributed by atoms with Gasteiger partial charge in [0, 0.05) is 0 Å². The van der Waals surface area contributed by atoms with Crippen molar-refractivity contribution in [2.45, 2.75) is 109 Å². The van der Waals surface area contributed by atoms with Crippen LogP contribution in [0.5, 0.6) is 0 Å². The molecular formula is C25H40F2. The summed E-state index contributed by atoms with van der Waals surface area (Å²) < 4.78 is 30.0. The Labute approximate surface area is 165 Å². The minimum absolute atomic E-state index is 0.139. The zero-order valence-electron chi connectivity index (χ0n) is 17.6. The van der Waals surface area contributed by atoms with E-state index in [4.69, 9.17) is 0 Å². The monoisotopic (exact) mass is 378 g/mol. The molecule has 2 atom stereocenters. The highest BCUT2D eigenvalue weighted by atomic mass is 19.2. The van der Waals surface area contributed by atoms with E-state index >= 15 is 4.39 Å². The standard InChI is InChI=1S/C25H40F2/c1-3-5-6-7-20-8-10-21(11-9-20)22-12-14-23(15-13-22)25(27)17-16-19(4-2)18-24(25)26/h16-18,20-24H,3-15H2,1-2H3. The molecule has 0 saturated heterocycles. The van der Waals surface area contributed by atoms with Crippen LogP contribution in [0.4, 0.5) is 8.78 Å². The van der Waals surface area contributed by atoms with Gasteiger partial charge >= 0.3 is 0 Å². The molecular weight excluding hydrogens is 338 g/mol. The first-order valence-corrected chi connectivity index (χ1v) is 11.8. The predicted octanol–water partition coefficient (Wildman–Crippen LogP) is 8.13. The molecule has 2 fully saturated rings. The number of halogens is 2. The average molecular weight is 379 g/mol. The summed E-state index contributed by atoms with van der Waals surface area (Å²) in [5.74, 6) is 2.42. The fraction of sp³-hybridized carbons (Fsp3) is 0.840. The van der Waals surface area contributed by atoms with Crippen LogP contribution in [0.1, 0.15) is 97.3 Å². The second-order valence-corrected chi connectivity index (χ2v) is 9.55. The first-order chi connectivity index (χ1) is 13.1. The molecule has 27 heavy (non-hydrogen) atoms. The van der Waals surface area contributed by atoms with Crippen molar-refractivity contribution >= 4 is 0 Å². The van der Waals surface area contributed by atoms with Gasteiger partial charge in [-0.15, -0.1) is 0 Å². The van der Waals surface area contributed by atoms with Gasteiger partial charge in [-0.3, -0.25) is 0 Å². The van der Waals surface area contributed by atoms with E-state index in [1.807, 2.05) is 13.0 Å². The third kappa shape index (κ3) is 5.04. The molecule has 0 bridgehead atoms. The number of alkyl halides is 2. The van der Waals surface area contributed by atoms with Crippen LogP contribution in [0.3, 0.4) is 0 Å². The summed E-state index contributed by atoms with van der Waals surface area (Å²) in [6.07, 6.45) is 19.2. The molecule has 3 aliphatic carbocycles. The van der Waals surface area contributed by atoms with Crippen LogP contribution in [0.15, 0.2) is 23.8 Å². The molecule has 2 unspecified atom stereocenters. The predicted molar refractivity (Wildman–Crippen MR) is 111 cm³/mol. The third-order valence-corrected chi connectivity index (χ3v) is 7.92. The minimum atomic E-state index is -1.76. The molecule has 0 heterocycles. The van der Waals surface area contributed by atoms with Crippen LogP contribution in [0.2, 0.25) is 0 Å². The van der Waals surface area contributed by atoms with Crippen molar-refractivity contribution in [3.63, 3.8) is 0 Å². The lowest BCUT2D eigenvalue weighted by Gasteiger charge is -2.42. The number of unbranched alkanes of at least 4 members (excludes halogenated alkanes) is 2. The first-order valence-electron chi connectivity index (χ1n) is 11.8. The van der Waals surface area contributed by atoms with Gasteiger partial charge < -0.3 is 0 Å².